The van der Waals surface area contributed by atoms with Gasteiger partial charge < -0.3 is 5.73 Å². The lowest BCUT2D eigenvalue weighted by molar-refractivity contribution is -0.117. The van der Waals surface area contributed by atoms with E-state index in [4.69, 9.17) is 5.73 Å². The molecule has 0 radical (unpaired) electrons. The van der Waals surface area contributed by atoms with E-state index in [0.717, 1.165) is 6.42 Å². The number of aryl methyl sites for hydroxylation is 2. The van der Waals surface area contributed by atoms with Crippen molar-refractivity contribution in [3.63, 3.8) is 0 Å². The fraction of sp³-hybridized carbons (Fsp3) is 0.417. The van der Waals surface area contributed by atoms with Gasteiger partial charge in [-0.1, -0.05) is 43.7 Å². The Morgan fingerprint density at radius 1 is 1.21 bits per heavy atom. The van der Waals surface area contributed by atoms with E-state index in [1.807, 2.05) is 45.0 Å². The van der Waals surface area contributed by atoms with Gasteiger partial charge in [0.25, 0.3) is 0 Å². The molecule has 0 aliphatic heterocycles. The Kier molecular flexibility index (Phi) is 6.46. The van der Waals surface area contributed by atoms with Crippen molar-refractivity contribution in [3.8, 4) is 0 Å². The van der Waals surface area contributed by atoms with Crippen molar-refractivity contribution in [2.75, 3.05) is 0 Å². The number of amides is 1. The molecule has 0 aliphatic carbocycles. The van der Waals surface area contributed by atoms with Gasteiger partial charge in [-0.05, 0) is 18.9 Å². The Morgan fingerprint density at radius 2 is 1.71 bits per heavy atom. The van der Waals surface area contributed by atoms with Crippen molar-refractivity contribution in [3.05, 3.63) is 35.4 Å². The molecule has 2 heteroatoms. The van der Waals surface area contributed by atoms with Crippen LogP contribution in [0.25, 0.3) is 0 Å². The molecule has 1 rings (SSSR count). The maximum atomic E-state index is 10.5. The number of carbonyl (C=O) groups excluding carboxylic acids is 1. The molecule has 14 heavy (non-hydrogen) atoms. The van der Waals surface area contributed by atoms with E-state index in [1.165, 1.54) is 11.1 Å². The van der Waals surface area contributed by atoms with Crippen LogP contribution in [0.15, 0.2) is 24.3 Å². The van der Waals surface area contributed by atoms with E-state index in [-0.39, 0.29) is 5.91 Å². The predicted molar refractivity (Wildman–Crippen MR) is 60.0 cm³/mol. The maximum absolute atomic E-state index is 10.5. The number of rotatable bonds is 3. The maximum Gasteiger partial charge on any atom is 0.217 e. The fourth-order valence-corrected chi connectivity index (χ4v) is 1.02. The Hall–Kier alpha value is -1.31. The first-order valence-electron chi connectivity index (χ1n) is 5.02. The summed E-state index contributed by atoms with van der Waals surface area (Å²) in [5.41, 5.74) is 7.43. The van der Waals surface area contributed by atoms with Crippen molar-refractivity contribution < 1.29 is 4.79 Å². The normalized spacial score (nSPS) is 8.79. The highest BCUT2D eigenvalue weighted by molar-refractivity contribution is 5.73. The van der Waals surface area contributed by atoms with Crippen molar-refractivity contribution in [1.29, 1.82) is 0 Å². The fourth-order valence-electron chi connectivity index (χ4n) is 1.02. The van der Waals surface area contributed by atoms with Crippen molar-refractivity contribution >= 4 is 5.91 Å². The quantitative estimate of drug-likeness (QED) is 0.787. The summed E-state index contributed by atoms with van der Waals surface area (Å²) in [7, 11) is 0. The lowest BCUT2D eigenvalue weighted by atomic mass is 10.1. The summed E-state index contributed by atoms with van der Waals surface area (Å²) in [4.78, 5) is 10.5. The summed E-state index contributed by atoms with van der Waals surface area (Å²) in [6.45, 7) is 6.04. The van der Waals surface area contributed by atoms with Gasteiger partial charge in [0, 0.05) is 6.42 Å². The largest absolute Gasteiger partial charge is 0.370 e. The topological polar surface area (TPSA) is 43.1 Å². The van der Waals surface area contributed by atoms with Gasteiger partial charge in [0.2, 0.25) is 5.91 Å². The van der Waals surface area contributed by atoms with Crippen LogP contribution in [0.3, 0.4) is 0 Å². The summed E-state index contributed by atoms with van der Waals surface area (Å²) in [6, 6.07) is 8.13. The highest BCUT2D eigenvalue weighted by atomic mass is 16.1. The lowest BCUT2D eigenvalue weighted by Gasteiger charge is -1.98. The average Bonchev–Trinajstić information content (AvgIpc) is 2.20. The zero-order valence-corrected chi connectivity index (χ0v) is 9.21. The monoisotopic (exact) mass is 193 g/mol. The molecule has 2 N–H and O–H groups in total. The Morgan fingerprint density at radius 3 is 2.14 bits per heavy atom. The first kappa shape index (κ1) is 12.7. The highest BCUT2D eigenvalue weighted by Crippen LogP contribution is 2.04. The van der Waals surface area contributed by atoms with E-state index in [0.29, 0.717) is 6.42 Å². The number of carbonyl (C=O) groups is 1. The molecule has 0 fully saturated rings. The molecule has 2 nitrogen and oxygen atoms in total. The molecular weight excluding hydrogens is 174 g/mol. The van der Waals surface area contributed by atoms with Crippen LogP contribution in [0.4, 0.5) is 0 Å². The molecule has 1 aromatic carbocycles. The zero-order chi connectivity index (χ0) is 11.0. The van der Waals surface area contributed by atoms with Crippen LogP contribution in [0.2, 0.25) is 0 Å². The van der Waals surface area contributed by atoms with Crippen LogP contribution in [-0.2, 0) is 11.2 Å². The first-order chi connectivity index (χ1) is 6.68. The summed E-state index contributed by atoms with van der Waals surface area (Å²) < 4.78 is 0. The number of primary amides is 1. The molecule has 0 aromatic heterocycles. The van der Waals surface area contributed by atoms with Gasteiger partial charge >= 0.3 is 0 Å². The molecule has 78 valence electrons. The van der Waals surface area contributed by atoms with Gasteiger partial charge in [-0.3, -0.25) is 4.79 Å². The molecule has 1 aromatic rings. The average molecular weight is 193 g/mol. The van der Waals surface area contributed by atoms with Crippen LogP contribution in [0, 0.1) is 6.92 Å². The third-order valence-electron chi connectivity index (χ3n) is 1.78. The van der Waals surface area contributed by atoms with E-state index in [9.17, 15) is 4.79 Å². The highest BCUT2D eigenvalue weighted by Gasteiger charge is 1.95. The van der Waals surface area contributed by atoms with Crippen LogP contribution < -0.4 is 5.73 Å². The third-order valence-corrected chi connectivity index (χ3v) is 1.78. The second kappa shape index (κ2) is 7.13. The molecular formula is C12H19NO. The van der Waals surface area contributed by atoms with Crippen molar-refractivity contribution in [2.45, 2.75) is 33.6 Å². The molecule has 0 atom stereocenters. The van der Waals surface area contributed by atoms with Gasteiger partial charge in [-0.2, -0.15) is 0 Å². The third kappa shape index (κ3) is 5.36. The van der Waals surface area contributed by atoms with Crippen LogP contribution in [0.5, 0.6) is 0 Å². The van der Waals surface area contributed by atoms with Gasteiger partial charge in [0.05, 0.1) is 0 Å². The van der Waals surface area contributed by atoms with Gasteiger partial charge in [0.1, 0.15) is 0 Å². The minimum absolute atomic E-state index is 0.240. The van der Waals surface area contributed by atoms with Gasteiger partial charge in [0.15, 0.2) is 0 Å². The van der Waals surface area contributed by atoms with E-state index < -0.39 is 0 Å². The SMILES string of the molecule is CC.Cc1ccc(CCC(N)=O)cc1. The van der Waals surface area contributed by atoms with Gasteiger partial charge in [-0.25, -0.2) is 0 Å². The zero-order valence-electron chi connectivity index (χ0n) is 9.21. The van der Waals surface area contributed by atoms with Crippen LogP contribution >= 0.6 is 0 Å². The van der Waals surface area contributed by atoms with E-state index >= 15 is 0 Å². The standard InChI is InChI=1S/C10H13NO.C2H6/c1-8-2-4-9(5-3-8)6-7-10(11)12;1-2/h2-5H,6-7H2,1H3,(H2,11,12);1-2H3. The van der Waals surface area contributed by atoms with E-state index in [2.05, 4.69) is 0 Å². The second-order valence-corrected chi connectivity index (χ2v) is 2.95. The molecule has 1 amide bonds. The molecule has 0 saturated heterocycles. The Labute approximate surface area is 86.1 Å². The summed E-state index contributed by atoms with van der Waals surface area (Å²) in [5.74, 6) is -0.240. The molecule has 0 spiro atoms. The van der Waals surface area contributed by atoms with Gasteiger partial charge in [-0.15, -0.1) is 0 Å². The minimum atomic E-state index is -0.240. The smallest absolute Gasteiger partial charge is 0.217 e. The Bertz CT molecular complexity index is 264. The number of hydrogen-bond donors (Lipinski definition) is 1. The van der Waals surface area contributed by atoms with Crippen LogP contribution in [-0.4, -0.2) is 5.91 Å². The molecule has 0 heterocycles. The first-order valence-corrected chi connectivity index (χ1v) is 5.02. The van der Waals surface area contributed by atoms with Crippen molar-refractivity contribution in [1.82, 2.24) is 0 Å². The van der Waals surface area contributed by atoms with Crippen molar-refractivity contribution in [2.24, 2.45) is 5.73 Å². The lowest BCUT2D eigenvalue weighted by Crippen LogP contribution is -2.11. The predicted octanol–water partition coefficient (Wildman–Crippen LogP) is 2.44. The molecule has 0 bridgehead atoms. The minimum Gasteiger partial charge on any atom is -0.370 e. The molecule has 0 unspecified atom stereocenters. The summed E-state index contributed by atoms with van der Waals surface area (Å²) in [5, 5.41) is 0. The second-order valence-electron chi connectivity index (χ2n) is 2.95. The number of hydrogen-bond acceptors (Lipinski definition) is 1. The van der Waals surface area contributed by atoms with E-state index in [1.54, 1.807) is 0 Å². The van der Waals surface area contributed by atoms with Crippen LogP contribution in [0.1, 0.15) is 31.4 Å². The number of nitrogens with two attached hydrogens (primary N) is 1. The summed E-state index contributed by atoms with van der Waals surface area (Å²) in [6.07, 6.45) is 1.18. The number of benzene rings is 1. The molecule has 0 aliphatic rings. The Balaban J connectivity index is 0.000000791. The summed E-state index contributed by atoms with van der Waals surface area (Å²) >= 11 is 0. The molecule has 0 saturated carbocycles.